The zero-order chi connectivity index (χ0) is 14.7. The van der Waals surface area contributed by atoms with E-state index < -0.39 is 0 Å². The second-order valence-corrected chi connectivity index (χ2v) is 4.85. The Morgan fingerprint density at radius 3 is 2.95 bits per heavy atom. The molecule has 0 aliphatic heterocycles. The topological polar surface area (TPSA) is 74.5 Å². The molecule has 6 nitrogen and oxygen atoms in total. The zero-order valence-electron chi connectivity index (χ0n) is 11.1. The Balaban J connectivity index is 1.94. The Morgan fingerprint density at radius 2 is 2.14 bits per heavy atom. The van der Waals surface area contributed by atoms with Crippen molar-refractivity contribution in [1.82, 2.24) is 14.6 Å². The molecule has 0 saturated carbocycles. The quantitative estimate of drug-likeness (QED) is 0.675. The van der Waals surface area contributed by atoms with Gasteiger partial charge in [0.05, 0.1) is 12.8 Å². The molecule has 0 unspecified atom stereocenters. The van der Waals surface area contributed by atoms with Gasteiger partial charge in [0.1, 0.15) is 11.6 Å². The summed E-state index contributed by atoms with van der Waals surface area (Å²) in [5.74, 6) is 1.43. The van der Waals surface area contributed by atoms with Crippen LogP contribution < -0.4 is 10.6 Å². The van der Waals surface area contributed by atoms with Crippen molar-refractivity contribution in [3.8, 4) is 0 Å². The summed E-state index contributed by atoms with van der Waals surface area (Å²) < 4.78 is 1.68. The summed E-state index contributed by atoms with van der Waals surface area (Å²) in [6.45, 7) is 0.484. The van der Waals surface area contributed by atoms with Crippen molar-refractivity contribution in [2.75, 3.05) is 23.8 Å². The first kappa shape index (κ1) is 13.7. The molecule has 3 rings (SSSR count). The minimum atomic E-state index is 0.0438. The molecule has 1 aromatic carbocycles. The monoisotopic (exact) mass is 303 g/mol. The van der Waals surface area contributed by atoms with E-state index in [1.54, 1.807) is 10.7 Å². The van der Waals surface area contributed by atoms with Gasteiger partial charge in [-0.15, -0.1) is 0 Å². The summed E-state index contributed by atoms with van der Waals surface area (Å²) >= 11 is 5.97. The SMILES string of the molecule is OCCNc1cc(Nc2cccc(Cl)c2)nc2ccnn12. The number of hydrogen-bond acceptors (Lipinski definition) is 5. The normalized spacial score (nSPS) is 10.8. The van der Waals surface area contributed by atoms with Gasteiger partial charge in [-0.05, 0) is 18.2 Å². The fourth-order valence-electron chi connectivity index (χ4n) is 2.00. The lowest BCUT2D eigenvalue weighted by Crippen LogP contribution is -2.11. The van der Waals surface area contributed by atoms with Gasteiger partial charge in [0, 0.05) is 29.4 Å². The predicted molar refractivity (Wildman–Crippen MR) is 83.3 cm³/mol. The second kappa shape index (κ2) is 5.99. The van der Waals surface area contributed by atoms with Crippen LogP contribution in [-0.2, 0) is 0 Å². The van der Waals surface area contributed by atoms with E-state index in [-0.39, 0.29) is 6.61 Å². The first-order valence-electron chi connectivity index (χ1n) is 6.48. The molecule has 0 aliphatic carbocycles. The van der Waals surface area contributed by atoms with E-state index in [9.17, 15) is 0 Å². The molecule has 2 aromatic heterocycles. The number of rotatable bonds is 5. The van der Waals surface area contributed by atoms with Crippen LogP contribution in [-0.4, -0.2) is 32.9 Å². The number of nitrogens with zero attached hydrogens (tertiary/aromatic N) is 3. The van der Waals surface area contributed by atoms with Crippen molar-refractivity contribution in [2.45, 2.75) is 0 Å². The lowest BCUT2D eigenvalue weighted by Gasteiger charge is -2.11. The third-order valence-electron chi connectivity index (χ3n) is 2.87. The lowest BCUT2D eigenvalue weighted by atomic mass is 10.3. The highest BCUT2D eigenvalue weighted by atomic mass is 35.5. The molecule has 3 N–H and O–H groups in total. The smallest absolute Gasteiger partial charge is 0.159 e. The molecule has 0 spiro atoms. The summed E-state index contributed by atoms with van der Waals surface area (Å²) in [6, 6.07) is 11.1. The van der Waals surface area contributed by atoms with Gasteiger partial charge in [0.2, 0.25) is 0 Å². The molecule has 0 atom stereocenters. The molecular formula is C14H14ClN5O. The summed E-state index contributed by atoms with van der Waals surface area (Å²) in [4.78, 5) is 4.47. The highest BCUT2D eigenvalue weighted by molar-refractivity contribution is 6.30. The van der Waals surface area contributed by atoms with Gasteiger partial charge in [-0.3, -0.25) is 0 Å². The summed E-state index contributed by atoms with van der Waals surface area (Å²) in [6.07, 6.45) is 1.68. The number of benzene rings is 1. The molecule has 0 saturated heterocycles. The number of nitrogens with one attached hydrogen (secondary N) is 2. The van der Waals surface area contributed by atoms with Crippen LogP contribution in [0.3, 0.4) is 0 Å². The van der Waals surface area contributed by atoms with Gasteiger partial charge in [-0.2, -0.15) is 9.61 Å². The zero-order valence-corrected chi connectivity index (χ0v) is 11.9. The maximum Gasteiger partial charge on any atom is 0.159 e. The molecule has 0 amide bonds. The van der Waals surface area contributed by atoms with Crippen molar-refractivity contribution in [1.29, 1.82) is 0 Å². The third-order valence-corrected chi connectivity index (χ3v) is 3.11. The van der Waals surface area contributed by atoms with Crippen LogP contribution in [0, 0.1) is 0 Å². The predicted octanol–water partition coefficient (Wildman–Crippen LogP) is 2.53. The summed E-state index contributed by atoms with van der Waals surface area (Å²) in [5, 5.41) is 20.1. The minimum absolute atomic E-state index is 0.0438. The highest BCUT2D eigenvalue weighted by Gasteiger charge is 2.06. The molecule has 0 fully saturated rings. The second-order valence-electron chi connectivity index (χ2n) is 4.41. The van der Waals surface area contributed by atoms with Crippen molar-refractivity contribution < 1.29 is 5.11 Å². The van der Waals surface area contributed by atoms with Gasteiger partial charge in [-0.25, -0.2) is 4.98 Å². The first-order valence-corrected chi connectivity index (χ1v) is 6.86. The van der Waals surface area contributed by atoms with E-state index in [1.807, 2.05) is 36.4 Å². The van der Waals surface area contributed by atoms with E-state index >= 15 is 0 Å². The molecule has 7 heteroatoms. The van der Waals surface area contributed by atoms with Crippen LogP contribution in [0.5, 0.6) is 0 Å². The van der Waals surface area contributed by atoms with E-state index in [1.165, 1.54) is 0 Å². The molecule has 3 aromatic rings. The van der Waals surface area contributed by atoms with Crippen molar-refractivity contribution in [3.63, 3.8) is 0 Å². The van der Waals surface area contributed by atoms with Gasteiger partial charge in [0.15, 0.2) is 5.65 Å². The fraction of sp³-hybridized carbons (Fsp3) is 0.143. The number of aliphatic hydroxyl groups excluding tert-OH is 1. The van der Waals surface area contributed by atoms with Crippen molar-refractivity contribution >= 4 is 34.6 Å². The Bertz CT molecular complexity index is 758. The molecule has 2 heterocycles. The summed E-state index contributed by atoms with van der Waals surface area (Å²) in [5.41, 5.74) is 1.56. The van der Waals surface area contributed by atoms with Crippen molar-refractivity contribution in [3.05, 3.63) is 47.6 Å². The first-order chi connectivity index (χ1) is 10.3. The molecule has 0 aliphatic rings. The number of hydrogen-bond donors (Lipinski definition) is 3. The van der Waals surface area contributed by atoms with Crippen molar-refractivity contribution in [2.24, 2.45) is 0 Å². The largest absolute Gasteiger partial charge is 0.395 e. The van der Waals surface area contributed by atoms with Gasteiger partial charge in [-0.1, -0.05) is 17.7 Å². The molecule has 0 radical (unpaired) electrons. The van der Waals surface area contributed by atoms with Crippen LogP contribution in [0.25, 0.3) is 5.65 Å². The van der Waals surface area contributed by atoms with Gasteiger partial charge < -0.3 is 15.7 Å². The Kier molecular flexibility index (Phi) is 3.89. The van der Waals surface area contributed by atoms with Gasteiger partial charge >= 0.3 is 0 Å². The van der Waals surface area contributed by atoms with Crippen LogP contribution in [0.4, 0.5) is 17.3 Å². The van der Waals surface area contributed by atoms with Crippen LogP contribution in [0.1, 0.15) is 0 Å². The van der Waals surface area contributed by atoms with Crippen LogP contribution >= 0.6 is 11.6 Å². The molecule has 108 valence electrons. The number of anilines is 3. The third kappa shape index (κ3) is 3.07. The molecular weight excluding hydrogens is 290 g/mol. The number of aromatic nitrogens is 3. The lowest BCUT2D eigenvalue weighted by molar-refractivity contribution is 0.311. The average Bonchev–Trinajstić information content (AvgIpc) is 2.93. The number of halogens is 1. The summed E-state index contributed by atoms with van der Waals surface area (Å²) in [7, 11) is 0. The fourth-order valence-corrected chi connectivity index (χ4v) is 2.19. The molecule has 21 heavy (non-hydrogen) atoms. The van der Waals surface area contributed by atoms with E-state index in [0.717, 1.165) is 11.5 Å². The van der Waals surface area contributed by atoms with E-state index in [2.05, 4.69) is 20.7 Å². The van der Waals surface area contributed by atoms with E-state index in [4.69, 9.17) is 16.7 Å². The number of fused-ring (bicyclic) bond motifs is 1. The highest BCUT2D eigenvalue weighted by Crippen LogP contribution is 2.22. The average molecular weight is 304 g/mol. The van der Waals surface area contributed by atoms with Crippen LogP contribution in [0.2, 0.25) is 5.02 Å². The Labute approximate surface area is 126 Å². The van der Waals surface area contributed by atoms with Crippen LogP contribution in [0.15, 0.2) is 42.6 Å². The van der Waals surface area contributed by atoms with Gasteiger partial charge in [0.25, 0.3) is 0 Å². The molecule has 0 bridgehead atoms. The van der Waals surface area contributed by atoms with E-state index in [0.29, 0.717) is 23.0 Å². The maximum atomic E-state index is 8.95. The number of aliphatic hydroxyl groups is 1. The maximum absolute atomic E-state index is 8.95. The standard InChI is InChI=1S/C14H14ClN5O/c15-10-2-1-3-11(8-10)18-12-9-14(16-6-7-21)20-13(19-12)4-5-17-20/h1-5,8-9,16,21H,6-7H2,(H,18,19). The Morgan fingerprint density at radius 1 is 1.24 bits per heavy atom. The minimum Gasteiger partial charge on any atom is -0.395 e. The Hall–Kier alpha value is -2.31.